The Hall–Kier alpha value is -1.84. The highest BCUT2D eigenvalue weighted by atomic mass is 16.5. The lowest BCUT2D eigenvalue weighted by atomic mass is 9.64. The molecule has 0 amide bonds. The average molecular weight is 288 g/mol. The summed E-state index contributed by atoms with van der Waals surface area (Å²) in [6, 6.07) is 0. The highest BCUT2D eigenvalue weighted by molar-refractivity contribution is 5.94. The molecule has 0 spiro atoms. The fourth-order valence-electron chi connectivity index (χ4n) is 3.72. The van der Waals surface area contributed by atoms with Crippen LogP contribution in [-0.2, 0) is 19.1 Å². The Balaban J connectivity index is 2.18. The molecule has 1 unspecified atom stereocenters. The van der Waals surface area contributed by atoms with Gasteiger partial charge in [-0.1, -0.05) is 6.92 Å². The molecule has 0 saturated carbocycles. The maximum Gasteiger partial charge on any atom is 0.339 e. The summed E-state index contributed by atoms with van der Waals surface area (Å²) in [5, 5.41) is 0. The second kappa shape index (κ2) is 4.58. The normalized spacial score (nSPS) is 28.5. The first-order valence-electron chi connectivity index (χ1n) is 7.39. The minimum atomic E-state index is -0.301. The Morgan fingerprint density at radius 2 is 1.86 bits per heavy atom. The number of ether oxygens (including phenoxy) is 2. The van der Waals surface area contributed by atoms with Crippen molar-refractivity contribution in [3.05, 3.63) is 33.8 Å². The quantitative estimate of drug-likeness (QED) is 0.692. The van der Waals surface area contributed by atoms with E-state index in [2.05, 4.69) is 6.92 Å². The van der Waals surface area contributed by atoms with Crippen LogP contribution in [0.1, 0.15) is 53.4 Å². The van der Waals surface area contributed by atoms with Gasteiger partial charge in [-0.25, -0.2) is 4.79 Å². The summed E-state index contributed by atoms with van der Waals surface area (Å²) in [5.41, 5.74) is 3.74. The fourth-order valence-corrected chi connectivity index (χ4v) is 3.72. The highest BCUT2D eigenvalue weighted by Gasteiger charge is 2.45. The largest absolute Gasteiger partial charge is 0.431 e. The van der Waals surface area contributed by atoms with Gasteiger partial charge in [0.05, 0.1) is 0 Å². The number of fused-ring (bicyclic) bond motifs is 2. The predicted octanol–water partition coefficient (Wildman–Crippen LogP) is 3.54. The Labute approximate surface area is 124 Å². The first kappa shape index (κ1) is 14.1. The summed E-state index contributed by atoms with van der Waals surface area (Å²) in [7, 11) is 0. The Kier molecular flexibility index (Phi) is 3.08. The summed E-state index contributed by atoms with van der Waals surface area (Å²) in [6.45, 7) is 7.41. The van der Waals surface area contributed by atoms with Crippen LogP contribution in [0.4, 0.5) is 0 Å². The van der Waals surface area contributed by atoms with Gasteiger partial charge in [-0.15, -0.1) is 0 Å². The maximum absolute atomic E-state index is 11.9. The molecule has 112 valence electrons. The summed E-state index contributed by atoms with van der Waals surface area (Å²) in [6.07, 6.45) is 3.54. The van der Waals surface area contributed by atoms with Gasteiger partial charge in [0.1, 0.15) is 11.5 Å². The Bertz CT molecular complexity index is 648. The number of esters is 2. The number of hydrogen-bond donors (Lipinski definition) is 0. The molecule has 4 heteroatoms. The van der Waals surface area contributed by atoms with Gasteiger partial charge in [-0.3, -0.25) is 4.79 Å². The molecule has 0 saturated heterocycles. The molecule has 0 aromatic rings. The first-order valence-corrected chi connectivity index (χ1v) is 7.39. The molecule has 3 rings (SSSR count). The van der Waals surface area contributed by atoms with E-state index in [1.54, 1.807) is 0 Å². The monoisotopic (exact) mass is 288 g/mol. The molecular weight excluding hydrogens is 268 g/mol. The van der Waals surface area contributed by atoms with Crippen molar-refractivity contribution in [2.45, 2.75) is 53.4 Å². The molecule has 3 aliphatic rings. The molecule has 0 N–H and O–H groups in total. The molecular formula is C17H20O4. The predicted molar refractivity (Wildman–Crippen MR) is 76.9 cm³/mol. The van der Waals surface area contributed by atoms with E-state index in [0.29, 0.717) is 17.1 Å². The summed E-state index contributed by atoms with van der Waals surface area (Å²) in [4.78, 5) is 23.1. The van der Waals surface area contributed by atoms with Crippen LogP contribution >= 0.6 is 0 Å². The zero-order valence-electron chi connectivity index (χ0n) is 13.0. The van der Waals surface area contributed by atoms with Crippen molar-refractivity contribution in [2.24, 2.45) is 5.41 Å². The van der Waals surface area contributed by atoms with Gasteiger partial charge in [0.2, 0.25) is 0 Å². The van der Waals surface area contributed by atoms with Crippen molar-refractivity contribution in [1.29, 1.82) is 0 Å². The molecule has 1 heterocycles. The number of allylic oxidation sites excluding steroid dienone is 4. The molecule has 0 bridgehead atoms. The number of hydrogen-bond acceptors (Lipinski definition) is 4. The van der Waals surface area contributed by atoms with Gasteiger partial charge in [0.15, 0.2) is 0 Å². The fraction of sp³-hybridized carbons (Fsp3) is 0.529. The van der Waals surface area contributed by atoms with Gasteiger partial charge in [0.25, 0.3) is 0 Å². The van der Waals surface area contributed by atoms with E-state index < -0.39 is 0 Å². The van der Waals surface area contributed by atoms with Crippen LogP contribution in [-0.4, -0.2) is 11.9 Å². The molecule has 0 aromatic carbocycles. The maximum atomic E-state index is 11.9. The molecule has 1 atom stereocenters. The van der Waals surface area contributed by atoms with Crippen molar-refractivity contribution >= 4 is 11.9 Å². The topological polar surface area (TPSA) is 52.6 Å². The average Bonchev–Trinajstić information content (AvgIpc) is 2.68. The van der Waals surface area contributed by atoms with Crippen LogP contribution in [0.3, 0.4) is 0 Å². The molecule has 0 radical (unpaired) electrons. The molecule has 2 aliphatic carbocycles. The van der Waals surface area contributed by atoms with Crippen molar-refractivity contribution in [2.75, 3.05) is 0 Å². The zero-order chi connectivity index (χ0) is 15.4. The van der Waals surface area contributed by atoms with E-state index in [9.17, 15) is 9.59 Å². The van der Waals surface area contributed by atoms with E-state index in [4.69, 9.17) is 9.47 Å². The Morgan fingerprint density at radius 3 is 2.52 bits per heavy atom. The number of carbonyl (C=O) groups excluding carboxylic acids is 2. The van der Waals surface area contributed by atoms with Gasteiger partial charge in [-0.05, 0) is 44.1 Å². The van der Waals surface area contributed by atoms with Crippen LogP contribution in [0.25, 0.3) is 0 Å². The van der Waals surface area contributed by atoms with Gasteiger partial charge in [0, 0.05) is 30.1 Å². The second-order valence-electron chi connectivity index (χ2n) is 6.40. The number of carbonyl (C=O) groups is 2. The van der Waals surface area contributed by atoms with E-state index in [1.807, 2.05) is 13.8 Å². The van der Waals surface area contributed by atoms with Crippen LogP contribution < -0.4 is 0 Å². The van der Waals surface area contributed by atoms with Crippen molar-refractivity contribution in [3.63, 3.8) is 0 Å². The minimum Gasteiger partial charge on any atom is -0.431 e. The van der Waals surface area contributed by atoms with Crippen LogP contribution in [0.15, 0.2) is 33.8 Å². The second-order valence-corrected chi connectivity index (χ2v) is 6.40. The molecule has 0 aromatic heterocycles. The molecule has 21 heavy (non-hydrogen) atoms. The van der Waals surface area contributed by atoms with Crippen LogP contribution in [0, 0.1) is 5.41 Å². The molecule has 4 nitrogen and oxygen atoms in total. The lowest BCUT2D eigenvalue weighted by Crippen LogP contribution is -2.30. The molecule has 0 fully saturated rings. The lowest BCUT2D eigenvalue weighted by Gasteiger charge is -2.41. The number of rotatable bonds is 1. The first-order chi connectivity index (χ1) is 9.83. The highest BCUT2D eigenvalue weighted by Crippen LogP contribution is 2.55. The standard InChI is InChI=1S/C17H20O4/c1-9-12-5-7-17(4)8-6-13(20-11(3)18)10(2)14(17)15(12)21-16(9)19/h5-8H2,1-4H3. The van der Waals surface area contributed by atoms with Gasteiger partial charge >= 0.3 is 11.9 Å². The minimum absolute atomic E-state index is 0.00251. The smallest absolute Gasteiger partial charge is 0.339 e. The van der Waals surface area contributed by atoms with E-state index in [1.165, 1.54) is 6.92 Å². The van der Waals surface area contributed by atoms with Crippen LogP contribution in [0.2, 0.25) is 0 Å². The zero-order valence-corrected chi connectivity index (χ0v) is 13.0. The van der Waals surface area contributed by atoms with E-state index in [0.717, 1.165) is 42.4 Å². The van der Waals surface area contributed by atoms with E-state index >= 15 is 0 Å². The summed E-state index contributed by atoms with van der Waals surface area (Å²) < 4.78 is 10.9. The SMILES string of the molecule is CC(=O)OC1=C(C)C2=C3OC(=O)C(C)=C3CCC2(C)CC1. The van der Waals surface area contributed by atoms with Crippen molar-refractivity contribution < 1.29 is 19.1 Å². The van der Waals surface area contributed by atoms with Gasteiger partial charge < -0.3 is 9.47 Å². The molecule has 1 aliphatic heterocycles. The van der Waals surface area contributed by atoms with E-state index in [-0.39, 0.29) is 17.4 Å². The lowest BCUT2D eigenvalue weighted by molar-refractivity contribution is -0.137. The third-order valence-corrected chi connectivity index (χ3v) is 4.95. The third kappa shape index (κ3) is 2.04. The van der Waals surface area contributed by atoms with Gasteiger partial charge in [-0.2, -0.15) is 0 Å². The summed E-state index contributed by atoms with van der Waals surface area (Å²) in [5.74, 6) is 0.881. The van der Waals surface area contributed by atoms with Crippen molar-refractivity contribution in [3.8, 4) is 0 Å². The Morgan fingerprint density at radius 1 is 1.19 bits per heavy atom. The third-order valence-electron chi connectivity index (χ3n) is 4.95. The van der Waals surface area contributed by atoms with Crippen molar-refractivity contribution in [1.82, 2.24) is 0 Å². The summed E-state index contributed by atoms with van der Waals surface area (Å²) >= 11 is 0. The van der Waals surface area contributed by atoms with Crippen LogP contribution in [0.5, 0.6) is 0 Å².